The summed E-state index contributed by atoms with van der Waals surface area (Å²) < 4.78 is 6.44. The molecule has 7 heteroatoms. The van der Waals surface area contributed by atoms with E-state index in [9.17, 15) is 14.4 Å². The average Bonchev–Trinajstić information content (AvgIpc) is 3.00. The predicted octanol–water partition coefficient (Wildman–Crippen LogP) is 4.66. The molecule has 0 bridgehead atoms. The third kappa shape index (κ3) is 4.05. The molecule has 3 amide bonds. The van der Waals surface area contributed by atoms with E-state index in [1.54, 1.807) is 42.5 Å². The Hall–Kier alpha value is -3.20. The van der Waals surface area contributed by atoms with Gasteiger partial charge < -0.3 is 10.1 Å². The Morgan fingerprint density at radius 2 is 1.68 bits per heavy atom. The fraction of sp³-hybridized carbons (Fsp3) is 0.125. The van der Waals surface area contributed by atoms with Gasteiger partial charge in [0.1, 0.15) is 5.75 Å². The number of imide groups is 1. The van der Waals surface area contributed by atoms with Crippen molar-refractivity contribution < 1.29 is 19.1 Å². The van der Waals surface area contributed by atoms with Gasteiger partial charge in [-0.3, -0.25) is 19.3 Å². The molecule has 0 fully saturated rings. The van der Waals surface area contributed by atoms with Crippen LogP contribution in [0.5, 0.6) is 5.75 Å². The van der Waals surface area contributed by atoms with Crippen molar-refractivity contribution in [1.29, 1.82) is 0 Å². The summed E-state index contributed by atoms with van der Waals surface area (Å²) in [4.78, 5) is 39.5. The average molecular weight is 526 g/mol. The molecule has 1 aliphatic rings. The number of carbonyl (C=O) groups excluding carboxylic acids is 3. The lowest BCUT2D eigenvalue weighted by Crippen LogP contribution is -2.29. The van der Waals surface area contributed by atoms with Gasteiger partial charge in [0.25, 0.3) is 17.7 Å². The Kier molecular flexibility index (Phi) is 5.77. The highest BCUT2D eigenvalue weighted by Gasteiger charge is 2.35. The number of hydrogen-bond acceptors (Lipinski definition) is 4. The monoisotopic (exact) mass is 526 g/mol. The van der Waals surface area contributed by atoms with E-state index in [4.69, 9.17) is 4.74 Å². The van der Waals surface area contributed by atoms with Crippen LogP contribution < -0.4 is 10.1 Å². The minimum Gasteiger partial charge on any atom is -0.496 e. The molecule has 31 heavy (non-hydrogen) atoms. The number of hydrogen-bond donors (Lipinski definition) is 1. The van der Waals surface area contributed by atoms with Gasteiger partial charge in [0.2, 0.25) is 0 Å². The Morgan fingerprint density at radius 3 is 2.29 bits per heavy atom. The molecule has 1 aliphatic heterocycles. The van der Waals surface area contributed by atoms with Gasteiger partial charge in [0.05, 0.1) is 30.3 Å². The van der Waals surface area contributed by atoms with E-state index in [0.717, 1.165) is 9.13 Å². The second-order valence-electron chi connectivity index (χ2n) is 7.19. The molecular formula is C24H19IN2O4. The van der Waals surface area contributed by atoms with Crippen LogP contribution in [0.2, 0.25) is 0 Å². The lowest BCUT2D eigenvalue weighted by Gasteiger charge is -2.16. The van der Waals surface area contributed by atoms with Crippen molar-refractivity contribution in [2.24, 2.45) is 0 Å². The third-order valence-electron chi connectivity index (χ3n) is 5.16. The van der Waals surface area contributed by atoms with Gasteiger partial charge in [-0.25, -0.2) is 0 Å². The number of halogens is 1. The highest BCUT2D eigenvalue weighted by molar-refractivity contribution is 14.1. The Bertz CT molecular complexity index is 1190. The first-order valence-electron chi connectivity index (χ1n) is 9.58. The number of methoxy groups -OCH3 is 1. The first-order chi connectivity index (χ1) is 14.9. The lowest BCUT2D eigenvalue weighted by atomic mass is 10.1. The van der Waals surface area contributed by atoms with Crippen molar-refractivity contribution in [3.8, 4) is 5.75 Å². The molecule has 0 saturated heterocycles. The number of carbonyl (C=O) groups is 3. The largest absolute Gasteiger partial charge is 0.496 e. The van der Waals surface area contributed by atoms with E-state index in [0.29, 0.717) is 33.7 Å². The second-order valence-corrected chi connectivity index (χ2v) is 8.44. The van der Waals surface area contributed by atoms with Gasteiger partial charge in [0, 0.05) is 9.26 Å². The number of anilines is 1. The molecule has 0 spiro atoms. The molecule has 1 heterocycles. The Morgan fingerprint density at radius 1 is 1.00 bits per heavy atom. The molecule has 0 unspecified atom stereocenters. The second kappa shape index (κ2) is 8.50. The fourth-order valence-corrected chi connectivity index (χ4v) is 4.20. The van der Waals surface area contributed by atoms with E-state index in [1.165, 1.54) is 12.0 Å². The zero-order chi connectivity index (χ0) is 22.1. The number of rotatable bonds is 5. The van der Waals surface area contributed by atoms with Crippen molar-refractivity contribution in [3.63, 3.8) is 0 Å². The lowest BCUT2D eigenvalue weighted by molar-refractivity contribution is 0.0642. The van der Waals surface area contributed by atoms with E-state index in [-0.39, 0.29) is 24.3 Å². The molecule has 3 aromatic carbocycles. The molecule has 6 nitrogen and oxygen atoms in total. The standard InChI is InChI=1S/C24H19IN2O4/c1-14-11-16(25)8-9-20(14)26-22(28)19-12-15(7-10-21(19)31-2)13-27-23(29)17-5-3-4-6-18(17)24(27)30/h3-12H,13H2,1-2H3,(H,26,28). The molecular weight excluding hydrogens is 507 g/mol. The van der Waals surface area contributed by atoms with Crippen molar-refractivity contribution in [2.45, 2.75) is 13.5 Å². The summed E-state index contributed by atoms with van der Waals surface area (Å²) in [6.07, 6.45) is 0. The highest BCUT2D eigenvalue weighted by Crippen LogP contribution is 2.27. The van der Waals surface area contributed by atoms with E-state index in [1.807, 2.05) is 25.1 Å². The predicted molar refractivity (Wildman–Crippen MR) is 125 cm³/mol. The quantitative estimate of drug-likeness (QED) is 0.388. The molecule has 0 atom stereocenters. The summed E-state index contributed by atoms with van der Waals surface area (Å²) in [6.45, 7) is 1.99. The Balaban J connectivity index is 1.60. The molecule has 156 valence electrons. The van der Waals surface area contributed by atoms with E-state index < -0.39 is 0 Å². The van der Waals surface area contributed by atoms with Crippen LogP contribution in [0.15, 0.2) is 60.7 Å². The van der Waals surface area contributed by atoms with Gasteiger partial charge in [-0.05, 0) is 83.1 Å². The SMILES string of the molecule is COc1ccc(CN2C(=O)c3ccccc3C2=O)cc1C(=O)Nc1ccc(I)cc1C. The first-order valence-corrected chi connectivity index (χ1v) is 10.7. The van der Waals surface area contributed by atoms with Gasteiger partial charge in [-0.2, -0.15) is 0 Å². The number of nitrogens with zero attached hydrogens (tertiary/aromatic N) is 1. The first kappa shape index (κ1) is 21.0. The fourth-order valence-electron chi connectivity index (χ4n) is 3.55. The van der Waals surface area contributed by atoms with Crippen molar-refractivity contribution in [3.05, 3.63) is 92.1 Å². The summed E-state index contributed by atoms with van der Waals surface area (Å²) in [5.74, 6) is -0.592. The number of fused-ring (bicyclic) bond motifs is 1. The van der Waals surface area contributed by atoms with Crippen LogP contribution in [0.3, 0.4) is 0 Å². The molecule has 3 aromatic rings. The van der Waals surface area contributed by atoms with Crippen LogP contribution in [0, 0.1) is 10.5 Å². The number of ether oxygens (including phenoxy) is 1. The zero-order valence-electron chi connectivity index (χ0n) is 16.9. The molecule has 1 N–H and O–H groups in total. The number of benzene rings is 3. The molecule has 0 saturated carbocycles. The van der Waals surface area contributed by atoms with Gasteiger partial charge in [-0.1, -0.05) is 18.2 Å². The van der Waals surface area contributed by atoms with Gasteiger partial charge >= 0.3 is 0 Å². The van der Waals surface area contributed by atoms with Gasteiger partial charge in [0.15, 0.2) is 0 Å². The van der Waals surface area contributed by atoms with Crippen LogP contribution in [-0.2, 0) is 6.54 Å². The normalized spacial score (nSPS) is 12.7. The smallest absolute Gasteiger partial charge is 0.261 e. The number of amides is 3. The third-order valence-corrected chi connectivity index (χ3v) is 5.84. The molecule has 0 aliphatic carbocycles. The van der Waals surface area contributed by atoms with Crippen molar-refractivity contribution >= 4 is 46.0 Å². The van der Waals surface area contributed by atoms with Crippen LogP contribution in [0.4, 0.5) is 5.69 Å². The molecule has 4 rings (SSSR count). The van der Waals surface area contributed by atoms with E-state index >= 15 is 0 Å². The van der Waals surface area contributed by atoms with Crippen LogP contribution in [0.25, 0.3) is 0 Å². The van der Waals surface area contributed by atoms with Crippen LogP contribution in [0.1, 0.15) is 42.2 Å². The minimum atomic E-state index is -0.336. The van der Waals surface area contributed by atoms with Crippen molar-refractivity contribution in [2.75, 3.05) is 12.4 Å². The summed E-state index contributed by atoms with van der Waals surface area (Å²) in [6, 6.07) is 17.6. The highest BCUT2D eigenvalue weighted by atomic mass is 127. The topological polar surface area (TPSA) is 75.7 Å². The number of aryl methyl sites for hydroxylation is 1. The Labute approximate surface area is 193 Å². The number of nitrogens with one attached hydrogen (secondary N) is 1. The van der Waals surface area contributed by atoms with Crippen LogP contribution in [-0.4, -0.2) is 29.7 Å². The zero-order valence-corrected chi connectivity index (χ0v) is 19.1. The summed E-state index contributed by atoms with van der Waals surface area (Å²) in [5.41, 5.74) is 3.43. The molecule has 0 radical (unpaired) electrons. The van der Waals surface area contributed by atoms with Gasteiger partial charge in [-0.15, -0.1) is 0 Å². The maximum atomic E-state index is 13.0. The minimum absolute atomic E-state index is 0.0686. The summed E-state index contributed by atoms with van der Waals surface area (Å²) in [7, 11) is 1.49. The van der Waals surface area contributed by atoms with Crippen molar-refractivity contribution in [1.82, 2.24) is 4.90 Å². The molecule has 0 aromatic heterocycles. The summed E-state index contributed by atoms with van der Waals surface area (Å²) >= 11 is 2.22. The van der Waals surface area contributed by atoms with E-state index in [2.05, 4.69) is 27.9 Å². The maximum absolute atomic E-state index is 13.0. The maximum Gasteiger partial charge on any atom is 0.261 e. The summed E-state index contributed by atoms with van der Waals surface area (Å²) in [5, 5.41) is 2.91. The van der Waals surface area contributed by atoms with Crippen LogP contribution >= 0.6 is 22.6 Å².